The van der Waals surface area contributed by atoms with Gasteiger partial charge in [-0.2, -0.15) is 0 Å². The third-order valence-electron chi connectivity index (χ3n) is 3.47. The second-order valence-corrected chi connectivity index (χ2v) is 7.32. The fourth-order valence-corrected chi connectivity index (χ4v) is 2.26. The summed E-state index contributed by atoms with van der Waals surface area (Å²) in [6.45, 7) is 12.3. The maximum atomic E-state index is 5.95. The Morgan fingerprint density at radius 3 is 2.35 bits per heavy atom. The van der Waals surface area contributed by atoms with Crippen LogP contribution in [0.2, 0.25) is 0 Å². The summed E-state index contributed by atoms with van der Waals surface area (Å²) < 4.78 is 11.2. The molecule has 0 bridgehead atoms. The lowest BCUT2D eigenvalue weighted by molar-refractivity contribution is 0.171. The summed E-state index contributed by atoms with van der Waals surface area (Å²) in [4.78, 5) is 4.48. The molecule has 5 nitrogen and oxygen atoms in total. The SMILES string of the molecule is CC(C)(C)NC(N)=NCC(C)(C)c1ccc2c(c1)OCCO2.I. The molecule has 0 fully saturated rings. The average Bonchev–Trinajstić information content (AvgIpc) is 2.43. The van der Waals surface area contributed by atoms with Crippen molar-refractivity contribution in [3.05, 3.63) is 23.8 Å². The van der Waals surface area contributed by atoms with E-state index in [-0.39, 0.29) is 34.9 Å². The van der Waals surface area contributed by atoms with Gasteiger partial charge in [0.2, 0.25) is 0 Å². The quantitative estimate of drug-likeness (QED) is 0.437. The Balaban J connectivity index is 0.00000264. The summed E-state index contributed by atoms with van der Waals surface area (Å²) in [6, 6.07) is 6.07. The number of fused-ring (bicyclic) bond motifs is 1. The van der Waals surface area contributed by atoms with E-state index in [4.69, 9.17) is 15.2 Å². The molecule has 0 aromatic heterocycles. The van der Waals surface area contributed by atoms with E-state index in [0.717, 1.165) is 17.1 Å². The fraction of sp³-hybridized carbons (Fsp3) is 0.588. The van der Waals surface area contributed by atoms with E-state index in [9.17, 15) is 0 Å². The van der Waals surface area contributed by atoms with E-state index < -0.39 is 0 Å². The van der Waals surface area contributed by atoms with Crippen molar-refractivity contribution in [2.75, 3.05) is 19.8 Å². The molecular weight excluding hydrogens is 405 g/mol. The Kier molecular flexibility index (Phi) is 6.56. The maximum absolute atomic E-state index is 5.95. The highest BCUT2D eigenvalue weighted by atomic mass is 127. The van der Waals surface area contributed by atoms with Crippen LogP contribution in [0.5, 0.6) is 11.5 Å². The number of guanidine groups is 1. The molecule has 23 heavy (non-hydrogen) atoms. The van der Waals surface area contributed by atoms with Crippen LogP contribution >= 0.6 is 24.0 Å². The summed E-state index contributed by atoms with van der Waals surface area (Å²) in [5, 5.41) is 3.18. The first-order chi connectivity index (χ1) is 10.2. The highest BCUT2D eigenvalue weighted by Gasteiger charge is 2.23. The topological polar surface area (TPSA) is 68.9 Å². The van der Waals surface area contributed by atoms with E-state index in [1.165, 1.54) is 0 Å². The summed E-state index contributed by atoms with van der Waals surface area (Å²) in [5.41, 5.74) is 6.88. The van der Waals surface area contributed by atoms with Crippen LogP contribution in [0.4, 0.5) is 0 Å². The normalized spacial score (nSPS) is 14.9. The third-order valence-corrected chi connectivity index (χ3v) is 3.47. The van der Waals surface area contributed by atoms with Crippen molar-refractivity contribution in [3.63, 3.8) is 0 Å². The molecule has 1 aromatic rings. The van der Waals surface area contributed by atoms with E-state index in [1.54, 1.807) is 0 Å². The molecule has 1 heterocycles. The predicted octanol–water partition coefficient (Wildman–Crippen LogP) is 3.06. The summed E-state index contributed by atoms with van der Waals surface area (Å²) >= 11 is 0. The van der Waals surface area contributed by atoms with Gasteiger partial charge in [0.1, 0.15) is 13.2 Å². The van der Waals surface area contributed by atoms with Gasteiger partial charge in [-0.1, -0.05) is 19.9 Å². The zero-order valence-electron chi connectivity index (χ0n) is 14.6. The van der Waals surface area contributed by atoms with E-state index in [2.05, 4.69) is 51.0 Å². The zero-order valence-corrected chi connectivity index (χ0v) is 16.9. The van der Waals surface area contributed by atoms with Crippen molar-refractivity contribution in [1.82, 2.24) is 5.32 Å². The van der Waals surface area contributed by atoms with Crippen LogP contribution in [0.3, 0.4) is 0 Å². The molecular formula is C17H28IN3O2. The number of hydrogen-bond donors (Lipinski definition) is 2. The minimum Gasteiger partial charge on any atom is -0.486 e. The van der Waals surface area contributed by atoms with Gasteiger partial charge in [-0.3, -0.25) is 4.99 Å². The molecule has 0 amide bonds. The van der Waals surface area contributed by atoms with Crippen LogP contribution in [-0.2, 0) is 5.41 Å². The molecule has 0 atom stereocenters. The predicted molar refractivity (Wildman–Crippen MR) is 105 cm³/mol. The Labute approximate surface area is 156 Å². The third kappa shape index (κ3) is 5.75. The highest BCUT2D eigenvalue weighted by molar-refractivity contribution is 14.0. The van der Waals surface area contributed by atoms with Crippen molar-refractivity contribution in [1.29, 1.82) is 0 Å². The number of halogens is 1. The van der Waals surface area contributed by atoms with Crippen LogP contribution in [-0.4, -0.2) is 31.3 Å². The maximum Gasteiger partial charge on any atom is 0.189 e. The number of hydrogen-bond acceptors (Lipinski definition) is 3. The number of rotatable bonds is 3. The molecule has 1 aliphatic rings. The van der Waals surface area contributed by atoms with Gasteiger partial charge in [0, 0.05) is 11.0 Å². The standard InChI is InChI=1S/C17H27N3O2.HI/c1-16(2,3)20-15(18)19-11-17(4,5)12-6-7-13-14(10-12)22-9-8-21-13;/h6-7,10H,8-9,11H2,1-5H3,(H3,18,19,20);1H. The molecule has 1 aromatic carbocycles. The Hall–Kier alpha value is -1.18. The fourth-order valence-electron chi connectivity index (χ4n) is 2.26. The van der Waals surface area contributed by atoms with Gasteiger partial charge in [-0.15, -0.1) is 24.0 Å². The molecule has 0 saturated carbocycles. The van der Waals surface area contributed by atoms with Gasteiger partial charge in [0.25, 0.3) is 0 Å². The lowest BCUT2D eigenvalue weighted by atomic mass is 9.84. The van der Waals surface area contributed by atoms with E-state index >= 15 is 0 Å². The smallest absolute Gasteiger partial charge is 0.189 e. The second-order valence-electron chi connectivity index (χ2n) is 7.32. The van der Waals surface area contributed by atoms with Crippen LogP contribution in [0.25, 0.3) is 0 Å². The molecule has 0 radical (unpaired) electrons. The minimum atomic E-state index is -0.139. The first-order valence-electron chi connectivity index (χ1n) is 7.66. The van der Waals surface area contributed by atoms with Gasteiger partial charge >= 0.3 is 0 Å². The molecule has 6 heteroatoms. The van der Waals surface area contributed by atoms with Gasteiger partial charge in [0.05, 0.1) is 6.54 Å². The molecule has 2 rings (SSSR count). The molecule has 0 aliphatic carbocycles. The van der Waals surface area contributed by atoms with Crippen LogP contribution in [0.15, 0.2) is 23.2 Å². The first-order valence-corrected chi connectivity index (χ1v) is 7.66. The number of ether oxygens (including phenoxy) is 2. The lowest BCUT2D eigenvalue weighted by Gasteiger charge is -2.27. The molecule has 0 unspecified atom stereocenters. The lowest BCUT2D eigenvalue weighted by Crippen LogP contribution is -2.45. The molecule has 130 valence electrons. The van der Waals surface area contributed by atoms with Crippen LogP contribution < -0.4 is 20.5 Å². The molecule has 1 aliphatic heterocycles. The van der Waals surface area contributed by atoms with Crippen LogP contribution in [0, 0.1) is 0 Å². The Morgan fingerprint density at radius 1 is 1.13 bits per heavy atom. The number of nitrogens with two attached hydrogens (primary N) is 1. The number of nitrogens with zero attached hydrogens (tertiary/aromatic N) is 1. The minimum absolute atomic E-state index is 0. The van der Waals surface area contributed by atoms with E-state index in [0.29, 0.717) is 25.7 Å². The number of nitrogens with one attached hydrogen (secondary N) is 1. The molecule has 3 N–H and O–H groups in total. The zero-order chi connectivity index (χ0) is 16.4. The first kappa shape index (κ1) is 19.9. The second kappa shape index (κ2) is 7.59. The van der Waals surface area contributed by atoms with Crippen LogP contribution in [0.1, 0.15) is 40.2 Å². The van der Waals surface area contributed by atoms with Crippen molar-refractivity contribution in [2.24, 2.45) is 10.7 Å². The Morgan fingerprint density at radius 2 is 1.74 bits per heavy atom. The van der Waals surface area contributed by atoms with Gasteiger partial charge < -0.3 is 20.5 Å². The summed E-state index contributed by atoms with van der Waals surface area (Å²) in [5.74, 6) is 2.09. The summed E-state index contributed by atoms with van der Waals surface area (Å²) in [6.07, 6.45) is 0. The molecule has 0 saturated heterocycles. The highest BCUT2D eigenvalue weighted by Crippen LogP contribution is 2.35. The van der Waals surface area contributed by atoms with Crippen molar-refractivity contribution >= 4 is 29.9 Å². The monoisotopic (exact) mass is 433 g/mol. The molecule has 0 spiro atoms. The van der Waals surface area contributed by atoms with Crippen molar-refractivity contribution < 1.29 is 9.47 Å². The average molecular weight is 433 g/mol. The van der Waals surface area contributed by atoms with Gasteiger partial charge in [0.15, 0.2) is 17.5 Å². The number of aliphatic imine (C=N–C) groups is 1. The summed E-state index contributed by atoms with van der Waals surface area (Å²) in [7, 11) is 0. The Bertz CT molecular complexity index is 565. The van der Waals surface area contributed by atoms with E-state index in [1.807, 2.05) is 12.1 Å². The van der Waals surface area contributed by atoms with Gasteiger partial charge in [-0.05, 0) is 38.5 Å². The van der Waals surface area contributed by atoms with Crippen molar-refractivity contribution in [2.45, 2.75) is 45.6 Å². The largest absolute Gasteiger partial charge is 0.486 e. The van der Waals surface area contributed by atoms with Crippen molar-refractivity contribution in [3.8, 4) is 11.5 Å². The van der Waals surface area contributed by atoms with Gasteiger partial charge in [-0.25, -0.2) is 0 Å². The number of benzene rings is 1.